The molecule has 7 nitrogen and oxygen atoms in total. The van der Waals surface area contributed by atoms with Gasteiger partial charge in [0.1, 0.15) is 12.4 Å². The molecular weight excluding hydrogens is 419 g/mol. The molecule has 2 amide bonds. The van der Waals surface area contributed by atoms with Gasteiger partial charge in [-0.2, -0.15) is 0 Å². The summed E-state index contributed by atoms with van der Waals surface area (Å²) in [5.41, 5.74) is 1.12. The van der Waals surface area contributed by atoms with E-state index < -0.39 is 6.09 Å². The number of hydrogen-bond donors (Lipinski definition) is 2. The summed E-state index contributed by atoms with van der Waals surface area (Å²) in [5, 5.41) is 13.0. The van der Waals surface area contributed by atoms with Crippen LogP contribution in [0.2, 0.25) is 10.0 Å². The maximum Gasteiger partial charge on any atom is 0.410 e. The second-order valence-corrected chi connectivity index (χ2v) is 7.40. The van der Waals surface area contributed by atoms with Crippen LogP contribution in [-0.4, -0.2) is 54.4 Å². The second-order valence-electron chi connectivity index (χ2n) is 6.53. The van der Waals surface area contributed by atoms with Crippen LogP contribution in [-0.2, 0) is 16.1 Å². The highest BCUT2D eigenvalue weighted by molar-refractivity contribution is 6.34. The zero-order chi connectivity index (χ0) is 20.8. The van der Waals surface area contributed by atoms with Crippen molar-refractivity contribution >= 4 is 35.2 Å². The first-order valence-electron chi connectivity index (χ1n) is 8.96. The standard InChI is InChI=1S/C20H20Cl2N2O5/c21-15-7-13(8-16(22)9-15)12-29-20(27)24-5-6-28-18(11-24)10-23-19(26)14-1-3-17(25)4-2-14/h1-4,7-9,18,25H,5-6,10-12H2,(H,23,26)/t18-/m1/s1. The summed E-state index contributed by atoms with van der Waals surface area (Å²) in [5.74, 6) is -0.197. The van der Waals surface area contributed by atoms with Crippen molar-refractivity contribution in [3.8, 4) is 5.75 Å². The fraction of sp³-hybridized carbons (Fsp3) is 0.300. The van der Waals surface area contributed by atoms with Gasteiger partial charge in [-0.05, 0) is 48.0 Å². The molecule has 1 fully saturated rings. The SMILES string of the molecule is O=C(NC[C@@H]1CN(C(=O)OCc2cc(Cl)cc(Cl)c2)CCO1)c1ccc(O)cc1. The molecule has 2 aromatic carbocycles. The van der Waals surface area contributed by atoms with Gasteiger partial charge in [0.25, 0.3) is 5.91 Å². The van der Waals surface area contributed by atoms with Crippen molar-refractivity contribution in [1.82, 2.24) is 10.2 Å². The van der Waals surface area contributed by atoms with Crippen molar-refractivity contribution < 1.29 is 24.2 Å². The van der Waals surface area contributed by atoms with Gasteiger partial charge in [-0.3, -0.25) is 4.79 Å². The van der Waals surface area contributed by atoms with Crippen molar-refractivity contribution in [2.24, 2.45) is 0 Å². The zero-order valence-electron chi connectivity index (χ0n) is 15.4. The van der Waals surface area contributed by atoms with Crippen molar-refractivity contribution in [2.75, 3.05) is 26.2 Å². The van der Waals surface area contributed by atoms with Crippen LogP contribution in [0.25, 0.3) is 0 Å². The van der Waals surface area contributed by atoms with Crippen LogP contribution in [0.1, 0.15) is 15.9 Å². The number of rotatable bonds is 5. The molecule has 1 atom stereocenters. The molecule has 3 rings (SSSR count). The first-order chi connectivity index (χ1) is 13.9. The molecule has 0 saturated carbocycles. The molecule has 0 radical (unpaired) electrons. The smallest absolute Gasteiger partial charge is 0.410 e. The Bertz CT molecular complexity index is 855. The van der Waals surface area contributed by atoms with Gasteiger partial charge in [0.2, 0.25) is 0 Å². The average Bonchev–Trinajstić information content (AvgIpc) is 2.70. The lowest BCUT2D eigenvalue weighted by atomic mass is 10.2. The lowest BCUT2D eigenvalue weighted by Crippen LogP contribution is -2.49. The Morgan fingerprint density at radius 2 is 1.86 bits per heavy atom. The molecule has 1 heterocycles. The normalized spacial score (nSPS) is 16.3. The van der Waals surface area contributed by atoms with E-state index in [4.69, 9.17) is 32.7 Å². The first-order valence-corrected chi connectivity index (χ1v) is 9.72. The average molecular weight is 439 g/mol. The Kier molecular flexibility index (Phi) is 7.19. The number of benzene rings is 2. The van der Waals surface area contributed by atoms with Crippen LogP contribution in [0.5, 0.6) is 5.75 Å². The van der Waals surface area contributed by atoms with E-state index in [9.17, 15) is 14.7 Å². The minimum absolute atomic E-state index is 0.0543. The largest absolute Gasteiger partial charge is 0.508 e. The first kappa shape index (κ1) is 21.2. The summed E-state index contributed by atoms with van der Waals surface area (Å²) in [4.78, 5) is 26.0. The van der Waals surface area contributed by atoms with E-state index in [1.165, 1.54) is 29.2 Å². The summed E-state index contributed by atoms with van der Waals surface area (Å²) < 4.78 is 11.0. The molecule has 154 valence electrons. The number of phenolic OH excluding ortho intramolecular Hbond substituents is 1. The highest BCUT2D eigenvalue weighted by atomic mass is 35.5. The Hall–Kier alpha value is -2.48. The molecule has 0 bridgehead atoms. The molecule has 2 aromatic rings. The van der Waals surface area contributed by atoms with E-state index in [1.807, 2.05) is 0 Å². The van der Waals surface area contributed by atoms with Crippen molar-refractivity contribution in [3.05, 3.63) is 63.6 Å². The van der Waals surface area contributed by atoms with Gasteiger partial charge in [0.15, 0.2) is 0 Å². The Morgan fingerprint density at radius 3 is 2.55 bits per heavy atom. The number of halogens is 2. The number of hydrogen-bond acceptors (Lipinski definition) is 5. The summed E-state index contributed by atoms with van der Waals surface area (Å²) in [7, 11) is 0. The summed E-state index contributed by atoms with van der Waals surface area (Å²) in [6.07, 6.45) is -0.822. The summed E-state index contributed by atoms with van der Waals surface area (Å²) in [6.45, 7) is 1.34. The van der Waals surface area contributed by atoms with Gasteiger partial charge in [-0.15, -0.1) is 0 Å². The monoisotopic (exact) mass is 438 g/mol. The van der Waals surface area contributed by atoms with Crippen LogP contribution < -0.4 is 5.32 Å². The van der Waals surface area contributed by atoms with Gasteiger partial charge in [0, 0.05) is 28.7 Å². The summed E-state index contributed by atoms with van der Waals surface area (Å²) >= 11 is 11.9. The Balaban J connectivity index is 1.47. The van der Waals surface area contributed by atoms with Gasteiger partial charge >= 0.3 is 6.09 Å². The molecule has 2 N–H and O–H groups in total. The number of carbonyl (C=O) groups excluding carboxylic acids is 2. The molecule has 1 aliphatic heterocycles. The second kappa shape index (κ2) is 9.82. The topological polar surface area (TPSA) is 88.1 Å². The van der Waals surface area contributed by atoms with Crippen LogP contribution in [0.4, 0.5) is 4.79 Å². The summed E-state index contributed by atoms with van der Waals surface area (Å²) in [6, 6.07) is 10.9. The van der Waals surface area contributed by atoms with E-state index in [0.717, 1.165) is 0 Å². The molecule has 1 saturated heterocycles. The third-order valence-corrected chi connectivity index (χ3v) is 4.74. The molecule has 29 heavy (non-hydrogen) atoms. The number of carbonyl (C=O) groups is 2. The maximum absolute atomic E-state index is 12.3. The quantitative estimate of drug-likeness (QED) is 0.745. The molecule has 0 aromatic heterocycles. The van der Waals surface area contributed by atoms with Crippen molar-refractivity contribution in [1.29, 1.82) is 0 Å². The third kappa shape index (κ3) is 6.25. The van der Waals surface area contributed by atoms with E-state index in [1.54, 1.807) is 18.2 Å². The highest BCUT2D eigenvalue weighted by Gasteiger charge is 2.25. The van der Waals surface area contributed by atoms with Crippen molar-refractivity contribution in [3.63, 3.8) is 0 Å². The number of morpholine rings is 1. The molecule has 0 spiro atoms. The number of nitrogens with one attached hydrogen (secondary N) is 1. The number of aromatic hydroxyl groups is 1. The van der Waals surface area contributed by atoms with Gasteiger partial charge in [0.05, 0.1) is 19.3 Å². The van der Waals surface area contributed by atoms with E-state index in [-0.39, 0.29) is 30.9 Å². The lowest BCUT2D eigenvalue weighted by molar-refractivity contribution is -0.0263. The van der Waals surface area contributed by atoms with Crippen LogP contribution in [0.15, 0.2) is 42.5 Å². The molecule has 0 aliphatic carbocycles. The van der Waals surface area contributed by atoms with E-state index in [0.29, 0.717) is 40.9 Å². The Morgan fingerprint density at radius 1 is 1.17 bits per heavy atom. The van der Waals surface area contributed by atoms with Crippen LogP contribution in [0.3, 0.4) is 0 Å². The van der Waals surface area contributed by atoms with E-state index >= 15 is 0 Å². The molecule has 1 aliphatic rings. The van der Waals surface area contributed by atoms with Gasteiger partial charge in [-0.1, -0.05) is 23.2 Å². The number of ether oxygens (including phenoxy) is 2. The maximum atomic E-state index is 12.3. The fourth-order valence-electron chi connectivity index (χ4n) is 2.86. The Labute approximate surface area is 178 Å². The zero-order valence-corrected chi connectivity index (χ0v) is 16.9. The molecule has 0 unspecified atom stereocenters. The van der Waals surface area contributed by atoms with Gasteiger partial charge < -0.3 is 24.8 Å². The fourth-order valence-corrected chi connectivity index (χ4v) is 3.43. The van der Waals surface area contributed by atoms with E-state index in [2.05, 4.69) is 5.32 Å². The van der Waals surface area contributed by atoms with Crippen LogP contribution in [0, 0.1) is 0 Å². The number of nitrogens with zero attached hydrogens (tertiary/aromatic N) is 1. The highest BCUT2D eigenvalue weighted by Crippen LogP contribution is 2.20. The van der Waals surface area contributed by atoms with Crippen LogP contribution >= 0.6 is 23.2 Å². The number of phenols is 1. The predicted molar refractivity (Wildman–Crippen MR) is 108 cm³/mol. The predicted octanol–water partition coefficient (Wildman–Crippen LogP) is 3.47. The molecular formula is C20H20Cl2N2O5. The van der Waals surface area contributed by atoms with Crippen molar-refractivity contribution in [2.45, 2.75) is 12.7 Å². The lowest BCUT2D eigenvalue weighted by Gasteiger charge is -2.32. The minimum Gasteiger partial charge on any atom is -0.508 e. The molecule has 9 heteroatoms. The minimum atomic E-state index is -0.473. The number of amides is 2. The third-order valence-electron chi connectivity index (χ3n) is 4.30. The van der Waals surface area contributed by atoms with Gasteiger partial charge in [-0.25, -0.2) is 4.79 Å².